The zero-order chi connectivity index (χ0) is 19.2. The molecule has 3 rings (SSSR count). The van der Waals surface area contributed by atoms with Crippen molar-refractivity contribution in [2.75, 3.05) is 17.2 Å². The lowest BCUT2D eigenvalue weighted by Gasteiger charge is -2.11. The first-order valence-corrected chi connectivity index (χ1v) is 8.53. The van der Waals surface area contributed by atoms with Crippen LogP contribution < -0.4 is 15.4 Å². The number of carbonyl (C=O) groups is 2. The Morgan fingerprint density at radius 3 is 2.59 bits per heavy atom. The van der Waals surface area contributed by atoms with Crippen molar-refractivity contribution in [3.8, 4) is 5.75 Å². The number of ether oxygens (including phenoxy) is 1. The Balaban J connectivity index is 1.57. The third kappa shape index (κ3) is 4.89. The summed E-state index contributed by atoms with van der Waals surface area (Å²) in [6.45, 7) is 1.78. The van der Waals surface area contributed by atoms with Gasteiger partial charge in [-0.25, -0.2) is 0 Å². The number of rotatable bonds is 6. The number of aryl methyl sites for hydroxylation is 1. The molecule has 2 N–H and O–H groups in total. The summed E-state index contributed by atoms with van der Waals surface area (Å²) in [4.78, 5) is 24.1. The number of hydrogen-bond donors (Lipinski definition) is 2. The highest BCUT2D eigenvalue weighted by molar-refractivity contribution is 6.34. The second-order valence-electron chi connectivity index (χ2n) is 5.73. The molecule has 0 atom stereocenters. The molecule has 0 bridgehead atoms. The Bertz CT molecular complexity index is 954. The number of furan rings is 1. The van der Waals surface area contributed by atoms with Crippen LogP contribution in [0.4, 0.5) is 11.4 Å². The Kier molecular flexibility index (Phi) is 5.78. The highest BCUT2D eigenvalue weighted by atomic mass is 35.5. The lowest BCUT2D eigenvalue weighted by molar-refractivity contribution is -0.118. The van der Waals surface area contributed by atoms with E-state index in [0.717, 1.165) is 5.56 Å². The third-order valence-electron chi connectivity index (χ3n) is 3.70. The van der Waals surface area contributed by atoms with Crippen LogP contribution in [0, 0.1) is 6.92 Å². The van der Waals surface area contributed by atoms with Crippen LogP contribution in [-0.4, -0.2) is 18.4 Å². The second-order valence-corrected chi connectivity index (χ2v) is 6.14. The first kappa shape index (κ1) is 18.5. The summed E-state index contributed by atoms with van der Waals surface area (Å²) in [5.41, 5.74) is 1.85. The van der Waals surface area contributed by atoms with Gasteiger partial charge in [0.1, 0.15) is 5.75 Å². The molecule has 138 valence electrons. The summed E-state index contributed by atoms with van der Waals surface area (Å²) in [6, 6.07) is 15.4. The van der Waals surface area contributed by atoms with E-state index in [0.29, 0.717) is 17.1 Å². The van der Waals surface area contributed by atoms with Gasteiger partial charge in [-0.2, -0.15) is 0 Å². The lowest BCUT2D eigenvalue weighted by Crippen LogP contribution is -2.20. The topological polar surface area (TPSA) is 80.6 Å². The molecule has 2 amide bonds. The molecule has 1 aromatic heterocycles. The highest BCUT2D eigenvalue weighted by Crippen LogP contribution is 2.26. The predicted molar refractivity (Wildman–Crippen MR) is 103 cm³/mol. The molecule has 0 saturated carbocycles. The Morgan fingerprint density at radius 1 is 1.07 bits per heavy atom. The number of benzene rings is 2. The van der Waals surface area contributed by atoms with Crippen molar-refractivity contribution >= 4 is 34.8 Å². The largest absolute Gasteiger partial charge is 0.483 e. The third-order valence-corrected chi connectivity index (χ3v) is 4.01. The first-order chi connectivity index (χ1) is 13.0. The van der Waals surface area contributed by atoms with E-state index in [4.69, 9.17) is 20.8 Å². The molecule has 0 fully saturated rings. The maximum Gasteiger partial charge on any atom is 0.291 e. The average molecular weight is 385 g/mol. The number of nitrogens with one attached hydrogen (secondary N) is 2. The maximum atomic E-state index is 12.1. The van der Waals surface area contributed by atoms with Gasteiger partial charge in [0, 0.05) is 5.69 Å². The number of para-hydroxylation sites is 1. The van der Waals surface area contributed by atoms with Crippen molar-refractivity contribution in [1.82, 2.24) is 0 Å². The Labute approximate surface area is 161 Å². The molecule has 0 aliphatic rings. The molecule has 6 nitrogen and oxygen atoms in total. The van der Waals surface area contributed by atoms with E-state index in [2.05, 4.69) is 10.6 Å². The van der Waals surface area contributed by atoms with E-state index >= 15 is 0 Å². The highest BCUT2D eigenvalue weighted by Gasteiger charge is 2.12. The molecular formula is C20H17ClN2O4. The molecule has 3 aromatic rings. The standard InChI is InChI=1S/C20H17ClN2O4/c1-13-5-2-3-6-17(13)27-12-19(24)22-14-8-9-16(15(21)11-14)23-20(25)18-7-4-10-26-18/h2-11H,12H2,1H3,(H,22,24)(H,23,25). The van der Waals surface area contributed by atoms with Gasteiger partial charge >= 0.3 is 0 Å². The molecule has 0 aliphatic carbocycles. The van der Waals surface area contributed by atoms with Crippen molar-refractivity contribution in [2.45, 2.75) is 6.92 Å². The van der Waals surface area contributed by atoms with Gasteiger partial charge in [-0.1, -0.05) is 29.8 Å². The molecule has 0 aliphatic heterocycles. The van der Waals surface area contributed by atoms with Crippen molar-refractivity contribution in [3.63, 3.8) is 0 Å². The maximum absolute atomic E-state index is 12.1. The number of hydrogen-bond acceptors (Lipinski definition) is 4. The molecule has 2 aromatic carbocycles. The van der Waals surface area contributed by atoms with Crippen LogP contribution in [0.1, 0.15) is 16.1 Å². The van der Waals surface area contributed by atoms with Crippen LogP contribution in [0.25, 0.3) is 0 Å². The summed E-state index contributed by atoms with van der Waals surface area (Å²) in [7, 11) is 0. The van der Waals surface area contributed by atoms with Crippen LogP contribution in [0.3, 0.4) is 0 Å². The van der Waals surface area contributed by atoms with Gasteiger partial charge < -0.3 is 19.8 Å². The van der Waals surface area contributed by atoms with Crippen molar-refractivity contribution in [3.05, 3.63) is 77.2 Å². The van der Waals surface area contributed by atoms with Crippen molar-refractivity contribution < 1.29 is 18.7 Å². The summed E-state index contributed by atoms with van der Waals surface area (Å²) < 4.78 is 10.5. The molecule has 1 heterocycles. The summed E-state index contributed by atoms with van der Waals surface area (Å²) >= 11 is 6.18. The van der Waals surface area contributed by atoms with Gasteiger partial charge in [-0.3, -0.25) is 9.59 Å². The zero-order valence-electron chi connectivity index (χ0n) is 14.5. The Hall–Kier alpha value is -3.25. The molecule has 27 heavy (non-hydrogen) atoms. The monoisotopic (exact) mass is 384 g/mol. The van der Waals surface area contributed by atoms with E-state index in [1.165, 1.54) is 6.26 Å². The van der Waals surface area contributed by atoms with Crippen LogP contribution in [0.15, 0.2) is 65.3 Å². The predicted octanol–water partition coefficient (Wildman–Crippen LogP) is 4.51. The SMILES string of the molecule is Cc1ccccc1OCC(=O)Nc1ccc(NC(=O)c2ccco2)c(Cl)c1. The Morgan fingerprint density at radius 2 is 1.89 bits per heavy atom. The first-order valence-electron chi connectivity index (χ1n) is 8.15. The minimum Gasteiger partial charge on any atom is -0.483 e. The number of carbonyl (C=O) groups excluding carboxylic acids is 2. The quantitative estimate of drug-likeness (QED) is 0.655. The summed E-state index contributed by atoms with van der Waals surface area (Å²) in [6.07, 6.45) is 1.41. The van der Waals surface area contributed by atoms with Crippen LogP contribution in [-0.2, 0) is 4.79 Å². The number of amides is 2. The van der Waals surface area contributed by atoms with Crippen molar-refractivity contribution in [1.29, 1.82) is 0 Å². The van der Waals surface area contributed by atoms with Crippen LogP contribution >= 0.6 is 11.6 Å². The summed E-state index contributed by atoms with van der Waals surface area (Å²) in [5, 5.41) is 5.63. The number of anilines is 2. The van der Waals surface area contributed by atoms with Gasteiger partial charge in [-0.05, 0) is 48.9 Å². The van der Waals surface area contributed by atoms with E-state index in [1.54, 1.807) is 36.4 Å². The van der Waals surface area contributed by atoms with Gasteiger partial charge in [0.25, 0.3) is 11.8 Å². The smallest absolute Gasteiger partial charge is 0.291 e. The summed E-state index contributed by atoms with van der Waals surface area (Å²) in [5.74, 6) is 0.102. The fraction of sp³-hybridized carbons (Fsp3) is 0.100. The molecular weight excluding hydrogens is 368 g/mol. The van der Waals surface area contributed by atoms with Crippen LogP contribution in [0.5, 0.6) is 5.75 Å². The fourth-order valence-electron chi connectivity index (χ4n) is 2.34. The minimum atomic E-state index is -0.412. The van der Waals surface area contributed by atoms with E-state index in [9.17, 15) is 9.59 Å². The fourth-order valence-corrected chi connectivity index (χ4v) is 2.57. The van der Waals surface area contributed by atoms with Gasteiger partial charge in [-0.15, -0.1) is 0 Å². The molecule has 0 radical (unpaired) electrons. The minimum absolute atomic E-state index is 0.126. The van der Waals surface area contributed by atoms with Gasteiger partial charge in [0.05, 0.1) is 17.0 Å². The molecule has 7 heteroatoms. The van der Waals surface area contributed by atoms with Crippen LogP contribution in [0.2, 0.25) is 5.02 Å². The lowest BCUT2D eigenvalue weighted by atomic mass is 10.2. The second kappa shape index (κ2) is 8.42. The van der Waals surface area contributed by atoms with Gasteiger partial charge in [0.15, 0.2) is 12.4 Å². The zero-order valence-corrected chi connectivity index (χ0v) is 15.2. The van der Waals surface area contributed by atoms with Crippen molar-refractivity contribution in [2.24, 2.45) is 0 Å². The molecule has 0 unspecified atom stereocenters. The normalized spacial score (nSPS) is 10.3. The van der Waals surface area contributed by atoms with E-state index in [-0.39, 0.29) is 23.3 Å². The molecule has 0 saturated heterocycles. The van der Waals surface area contributed by atoms with E-state index < -0.39 is 5.91 Å². The number of halogens is 1. The average Bonchev–Trinajstić information content (AvgIpc) is 3.18. The molecule has 0 spiro atoms. The van der Waals surface area contributed by atoms with E-state index in [1.807, 2.05) is 25.1 Å². The van der Waals surface area contributed by atoms with Gasteiger partial charge in [0.2, 0.25) is 0 Å².